The van der Waals surface area contributed by atoms with Crippen LogP contribution in [-0.2, 0) is 0 Å². The van der Waals surface area contributed by atoms with Gasteiger partial charge in [-0.3, -0.25) is 0 Å². The number of methoxy groups -OCH3 is 1. The molecule has 2 fully saturated rings. The summed E-state index contributed by atoms with van der Waals surface area (Å²) < 4.78 is 5.42. The second-order valence-electron chi connectivity index (χ2n) is 9.28. The summed E-state index contributed by atoms with van der Waals surface area (Å²) in [5.74, 6) is 1.85. The fraction of sp³-hybridized carbons (Fsp3) is 0.680. The van der Waals surface area contributed by atoms with Crippen molar-refractivity contribution in [3.8, 4) is 5.75 Å². The van der Waals surface area contributed by atoms with Gasteiger partial charge >= 0.3 is 0 Å². The van der Waals surface area contributed by atoms with Crippen LogP contribution in [0.5, 0.6) is 5.75 Å². The Morgan fingerprint density at radius 1 is 1.11 bits per heavy atom. The summed E-state index contributed by atoms with van der Waals surface area (Å²) in [6.45, 7) is 0.957. The van der Waals surface area contributed by atoms with Crippen molar-refractivity contribution < 1.29 is 9.84 Å². The summed E-state index contributed by atoms with van der Waals surface area (Å²) in [5, 5.41) is 12.2. The maximum absolute atomic E-state index is 12.2. The lowest BCUT2D eigenvalue weighted by atomic mass is 9.70. The van der Waals surface area contributed by atoms with Crippen LogP contribution in [0.25, 0.3) is 6.08 Å². The predicted molar refractivity (Wildman–Crippen MR) is 118 cm³/mol. The van der Waals surface area contributed by atoms with E-state index in [1.165, 1.54) is 50.5 Å². The van der Waals surface area contributed by atoms with Gasteiger partial charge in [0, 0.05) is 12.5 Å². The van der Waals surface area contributed by atoms with Gasteiger partial charge in [0.05, 0.1) is 12.7 Å². The molecule has 0 spiro atoms. The standard InChI is InChI=1S/C25H39NO2/c1-26(2)19-23-14-8-7-13-22(16-21-12-9-15-24(17-21)28-3)25(23,27)18-20-10-5-4-6-11-20/h9,12,15-17,20,23,27H,4-8,10-11,13-14,18-19H2,1-3H3. The Morgan fingerprint density at radius 3 is 2.57 bits per heavy atom. The molecule has 2 aliphatic rings. The topological polar surface area (TPSA) is 32.7 Å². The number of nitrogens with zero attached hydrogens (tertiary/aromatic N) is 1. The summed E-state index contributed by atoms with van der Waals surface area (Å²) in [6.07, 6.45) is 14.3. The van der Waals surface area contributed by atoms with E-state index >= 15 is 0 Å². The molecule has 2 atom stereocenters. The Bertz CT molecular complexity index is 648. The Labute approximate surface area is 171 Å². The zero-order chi connectivity index (χ0) is 20.0. The third-order valence-corrected chi connectivity index (χ3v) is 6.82. The number of benzene rings is 1. The van der Waals surface area contributed by atoms with E-state index in [1.807, 2.05) is 12.1 Å². The fourth-order valence-corrected chi connectivity index (χ4v) is 5.37. The molecule has 3 heteroatoms. The predicted octanol–water partition coefficient (Wildman–Crippen LogP) is 5.53. The highest BCUT2D eigenvalue weighted by molar-refractivity contribution is 5.57. The molecule has 0 bridgehead atoms. The minimum atomic E-state index is -0.689. The SMILES string of the molecule is COc1cccc(C=C2CCCCC(CN(C)C)C2(O)CC2CCCCC2)c1. The van der Waals surface area contributed by atoms with Crippen LogP contribution in [0.15, 0.2) is 29.8 Å². The van der Waals surface area contributed by atoms with E-state index in [1.54, 1.807) is 7.11 Å². The number of rotatable bonds is 6. The molecule has 2 aliphatic carbocycles. The largest absolute Gasteiger partial charge is 0.497 e. The normalized spacial score (nSPS) is 28.5. The number of hydrogen-bond donors (Lipinski definition) is 1. The van der Waals surface area contributed by atoms with Crippen LogP contribution in [0.3, 0.4) is 0 Å². The molecule has 0 heterocycles. The van der Waals surface area contributed by atoms with Crippen molar-refractivity contribution in [2.24, 2.45) is 11.8 Å². The molecule has 0 aliphatic heterocycles. The first-order valence-electron chi connectivity index (χ1n) is 11.2. The molecular formula is C25H39NO2. The van der Waals surface area contributed by atoms with Gasteiger partial charge in [-0.15, -0.1) is 0 Å². The van der Waals surface area contributed by atoms with Crippen LogP contribution in [-0.4, -0.2) is 43.4 Å². The van der Waals surface area contributed by atoms with E-state index in [0.717, 1.165) is 37.1 Å². The summed E-state index contributed by atoms with van der Waals surface area (Å²) >= 11 is 0. The van der Waals surface area contributed by atoms with Gasteiger partial charge in [-0.05, 0) is 69.0 Å². The van der Waals surface area contributed by atoms with Gasteiger partial charge < -0.3 is 14.7 Å². The number of ether oxygens (including phenoxy) is 1. The van der Waals surface area contributed by atoms with Gasteiger partial charge in [0.15, 0.2) is 0 Å². The monoisotopic (exact) mass is 385 g/mol. The van der Waals surface area contributed by atoms with Gasteiger partial charge in [-0.2, -0.15) is 0 Å². The molecule has 1 N–H and O–H groups in total. The van der Waals surface area contributed by atoms with E-state index in [0.29, 0.717) is 11.8 Å². The number of hydrogen-bond acceptors (Lipinski definition) is 3. The highest BCUT2D eigenvalue weighted by Crippen LogP contribution is 2.44. The molecule has 0 aromatic heterocycles. The first-order chi connectivity index (χ1) is 13.5. The number of aliphatic hydroxyl groups is 1. The zero-order valence-electron chi connectivity index (χ0n) is 18.1. The van der Waals surface area contributed by atoms with Crippen LogP contribution >= 0.6 is 0 Å². The van der Waals surface area contributed by atoms with E-state index in [9.17, 15) is 5.11 Å². The van der Waals surface area contributed by atoms with Gasteiger partial charge in [-0.1, -0.05) is 56.7 Å². The molecule has 1 aromatic carbocycles. The van der Waals surface area contributed by atoms with Crippen LogP contribution in [0.4, 0.5) is 0 Å². The highest BCUT2D eigenvalue weighted by atomic mass is 16.5. The summed E-state index contributed by atoms with van der Waals surface area (Å²) in [4.78, 5) is 2.25. The maximum atomic E-state index is 12.2. The molecular weight excluding hydrogens is 346 g/mol. The second kappa shape index (κ2) is 9.93. The average molecular weight is 386 g/mol. The summed E-state index contributed by atoms with van der Waals surface area (Å²) in [7, 11) is 5.99. The summed E-state index contributed by atoms with van der Waals surface area (Å²) in [5.41, 5.74) is 1.70. The van der Waals surface area contributed by atoms with Crippen molar-refractivity contribution in [1.29, 1.82) is 0 Å². The quantitative estimate of drug-likeness (QED) is 0.653. The van der Waals surface area contributed by atoms with Crippen LogP contribution in [0.2, 0.25) is 0 Å². The Kier molecular flexibility index (Phi) is 7.59. The average Bonchev–Trinajstić information content (AvgIpc) is 2.82. The molecule has 28 heavy (non-hydrogen) atoms. The lowest BCUT2D eigenvalue weighted by Crippen LogP contribution is -2.45. The van der Waals surface area contributed by atoms with Crippen molar-refractivity contribution in [2.45, 2.75) is 69.8 Å². The van der Waals surface area contributed by atoms with Crippen molar-refractivity contribution in [3.05, 3.63) is 35.4 Å². The lowest BCUT2D eigenvalue weighted by molar-refractivity contribution is -0.0194. The first-order valence-corrected chi connectivity index (χ1v) is 11.2. The van der Waals surface area contributed by atoms with Crippen LogP contribution in [0, 0.1) is 11.8 Å². The van der Waals surface area contributed by atoms with E-state index in [4.69, 9.17) is 4.74 Å². The molecule has 2 unspecified atom stereocenters. The van der Waals surface area contributed by atoms with Gasteiger partial charge in [-0.25, -0.2) is 0 Å². The molecule has 1 aromatic rings. The highest BCUT2D eigenvalue weighted by Gasteiger charge is 2.42. The Morgan fingerprint density at radius 2 is 1.86 bits per heavy atom. The zero-order valence-corrected chi connectivity index (χ0v) is 18.1. The molecule has 0 amide bonds. The maximum Gasteiger partial charge on any atom is 0.119 e. The van der Waals surface area contributed by atoms with Crippen molar-refractivity contribution in [3.63, 3.8) is 0 Å². The Balaban J connectivity index is 1.95. The van der Waals surface area contributed by atoms with Crippen molar-refractivity contribution >= 4 is 6.08 Å². The van der Waals surface area contributed by atoms with Gasteiger partial charge in [0.2, 0.25) is 0 Å². The molecule has 0 radical (unpaired) electrons. The third-order valence-electron chi connectivity index (χ3n) is 6.82. The molecule has 0 saturated heterocycles. The van der Waals surface area contributed by atoms with Crippen LogP contribution < -0.4 is 4.74 Å². The van der Waals surface area contributed by atoms with Crippen molar-refractivity contribution in [1.82, 2.24) is 4.90 Å². The lowest BCUT2D eigenvalue weighted by Gasteiger charge is -2.41. The molecule has 3 nitrogen and oxygen atoms in total. The molecule has 156 valence electrons. The third kappa shape index (κ3) is 5.39. The second-order valence-corrected chi connectivity index (χ2v) is 9.28. The minimum absolute atomic E-state index is 0.309. The van der Waals surface area contributed by atoms with E-state index in [2.05, 4.69) is 37.2 Å². The minimum Gasteiger partial charge on any atom is -0.497 e. The first kappa shape index (κ1) is 21.4. The van der Waals surface area contributed by atoms with E-state index < -0.39 is 5.60 Å². The van der Waals surface area contributed by atoms with Gasteiger partial charge in [0.1, 0.15) is 5.75 Å². The molecule has 2 saturated carbocycles. The smallest absolute Gasteiger partial charge is 0.119 e. The van der Waals surface area contributed by atoms with E-state index in [-0.39, 0.29) is 0 Å². The summed E-state index contributed by atoms with van der Waals surface area (Å²) in [6, 6.07) is 8.24. The Hall–Kier alpha value is -1.32. The van der Waals surface area contributed by atoms with Gasteiger partial charge in [0.25, 0.3) is 0 Å². The van der Waals surface area contributed by atoms with Crippen molar-refractivity contribution in [2.75, 3.05) is 27.7 Å². The molecule has 3 rings (SSSR count). The van der Waals surface area contributed by atoms with Crippen LogP contribution in [0.1, 0.15) is 69.8 Å². The fourth-order valence-electron chi connectivity index (χ4n) is 5.37.